The lowest BCUT2D eigenvalue weighted by Gasteiger charge is -2.27. The van der Waals surface area contributed by atoms with Crippen molar-refractivity contribution >= 4 is 11.8 Å². The molecule has 0 saturated carbocycles. The first-order valence-corrected chi connectivity index (χ1v) is 7.44. The summed E-state index contributed by atoms with van der Waals surface area (Å²) in [6.45, 7) is 1.47. The first-order valence-electron chi connectivity index (χ1n) is 7.44. The number of nitrogens with two attached hydrogens (primary N) is 1. The number of hydrogen-bond acceptors (Lipinski definition) is 3. The smallest absolute Gasteiger partial charge is 0.254 e. The maximum Gasteiger partial charge on any atom is 0.254 e. The minimum atomic E-state index is -0.603. The molecule has 1 aliphatic heterocycles. The van der Waals surface area contributed by atoms with E-state index in [0.717, 1.165) is 37.9 Å². The van der Waals surface area contributed by atoms with E-state index in [4.69, 9.17) is 10.2 Å². The average Bonchev–Trinajstić information content (AvgIpc) is 3.09. The summed E-state index contributed by atoms with van der Waals surface area (Å²) in [5.74, 6) is -0.0901. The Kier molecular flexibility index (Phi) is 3.96. The number of hydrogen-bond donors (Lipinski definition) is 1. The van der Waals surface area contributed by atoms with Crippen LogP contribution in [0.2, 0.25) is 0 Å². The van der Waals surface area contributed by atoms with Gasteiger partial charge in [-0.25, -0.2) is 0 Å². The highest BCUT2D eigenvalue weighted by Crippen LogP contribution is 2.24. The molecule has 2 aromatic rings. The summed E-state index contributed by atoms with van der Waals surface area (Å²) >= 11 is 0. The SMILES string of the molecule is NC(=O)c1cc(-c2ccco2)ccc1C(=O)N1CCCCC1. The van der Waals surface area contributed by atoms with Crippen LogP contribution in [-0.2, 0) is 0 Å². The molecule has 2 N–H and O–H groups in total. The average molecular weight is 298 g/mol. The predicted molar refractivity (Wildman–Crippen MR) is 82.4 cm³/mol. The Morgan fingerprint density at radius 1 is 1.05 bits per heavy atom. The zero-order chi connectivity index (χ0) is 15.5. The van der Waals surface area contributed by atoms with Gasteiger partial charge in [0.05, 0.1) is 17.4 Å². The molecule has 1 aliphatic rings. The van der Waals surface area contributed by atoms with Crippen LogP contribution in [-0.4, -0.2) is 29.8 Å². The van der Waals surface area contributed by atoms with Gasteiger partial charge in [0.2, 0.25) is 5.91 Å². The van der Waals surface area contributed by atoms with Crippen LogP contribution in [0.3, 0.4) is 0 Å². The molecule has 1 fully saturated rings. The van der Waals surface area contributed by atoms with Crippen molar-refractivity contribution in [2.45, 2.75) is 19.3 Å². The first kappa shape index (κ1) is 14.4. The maximum absolute atomic E-state index is 12.6. The van der Waals surface area contributed by atoms with Gasteiger partial charge in [-0.1, -0.05) is 6.07 Å². The molecular formula is C17H18N2O3. The topological polar surface area (TPSA) is 76.5 Å². The van der Waals surface area contributed by atoms with Crippen molar-refractivity contribution in [1.29, 1.82) is 0 Å². The van der Waals surface area contributed by atoms with E-state index in [9.17, 15) is 9.59 Å². The van der Waals surface area contributed by atoms with Crippen LogP contribution in [0.5, 0.6) is 0 Å². The third-order valence-corrected chi connectivity index (χ3v) is 3.96. The molecule has 5 heteroatoms. The molecule has 1 aromatic heterocycles. The Bertz CT molecular complexity index is 686. The summed E-state index contributed by atoms with van der Waals surface area (Å²) < 4.78 is 5.32. The van der Waals surface area contributed by atoms with E-state index >= 15 is 0 Å². The zero-order valence-corrected chi connectivity index (χ0v) is 12.2. The normalized spacial score (nSPS) is 14.8. The fraction of sp³-hybridized carbons (Fsp3) is 0.294. The Labute approximate surface area is 128 Å². The molecule has 2 amide bonds. The van der Waals surface area contributed by atoms with Crippen LogP contribution < -0.4 is 5.73 Å². The number of primary amides is 1. The number of nitrogens with zero attached hydrogens (tertiary/aromatic N) is 1. The zero-order valence-electron chi connectivity index (χ0n) is 12.2. The monoisotopic (exact) mass is 298 g/mol. The number of furan rings is 1. The number of benzene rings is 1. The molecule has 0 spiro atoms. The number of rotatable bonds is 3. The molecule has 2 heterocycles. The van der Waals surface area contributed by atoms with Gasteiger partial charge in [-0.05, 0) is 43.5 Å². The van der Waals surface area contributed by atoms with Gasteiger partial charge in [0.25, 0.3) is 5.91 Å². The molecule has 5 nitrogen and oxygen atoms in total. The molecule has 1 saturated heterocycles. The summed E-state index contributed by atoms with van der Waals surface area (Å²) in [6, 6.07) is 8.63. The lowest BCUT2D eigenvalue weighted by atomic mass is 10.00. The van der Waals surface area contributed by atoms with Crippen LogP contribution >= 0.6 is 0 Å². The fourth-order valence-electron chi connectivity index (χ4n) is 2.80. The van der Waals surface area contributed by atoms with Gasteiger partial charge in [-0.3, -0.25) is 9.59 Å². The largest absolute Gasteiger partial charge is 0.464 e. The highest BCUT2D eigenvalue weighted by Gasteiger charge is 2.23. The number of carbonyl (C=O) groups is 2. The highest BCUT2D eigenvalue weighted by atomic mass is 16.3. The van der Waals surface area contributed by atoms with Crippen LogP contribution in [0.1, 0.15) is 40.0 Å². The van der Waals surface area contributed by atoms with Gasteiger partial charge in [0, 0.05) is 18.7 Å². The Balaban J connectivity index is 1.96. The molecule has 0 aliphatic carbocycles. The molecule has 114 valence electrons. The van der Waals surface area contributed by atoms with E-state index < -0.39 is 5.91 Å². The molecule has 3 rings (SSSR count). The van der Waals surface area contributed by atoms with Gasteiger partial charge in [-0.2, -0.15) is 0 Å². The molecule has 0 unspecified atom stereocenters. The summed E-state index contributed by atoms with van der Waals surface area (Å²) in [4.78, 5) is 26.2. The summed E-state index contributed by atoms with van der Waals surface area (Å²) in [5, 5.41) is 0. The summed E-state index contributed by atoms with van der Waals surface area (Å²) in [7, 11) is 0. The van der Waals surface area contributed by atoms with Gasteiger partial charge in [0.1, 0.15) is 5.76 Å². The number of piperidine rings is 1. The van der Waals surface area contributed by atoms with Crippen molar-refractivity contribution in [3.8, 4) is 11.3 Å². The van der Waals surface area contributed by atoms with E-state index in [1.165, 1.54) is 0 Å². The number of amides is 2. The van der Waals surface area contributed by atoms with Crippen molar-refractivity contribution in [1.82, 2.24) is 4.90 Å². The van der Waals surface area contributed by atoms with Crippen molar-refractivity contribution in [2.24, 2.45) is 5.73 Å². The van der Waals surface area contributed by atoms with Crippen molar-refractivity contribution in [2.75, 3.05) is 13.1 Å². The van der Waals surface area contributed by atoms with Gasteiger partial charge in [0.15, 0.2) is 0 Å². The van der Waals surface area contributed by atoms with Crippen LogP contribution in [0.15, 0.2) is 41.0 Å². The number of likely N-dealkylation sites (tertiary alicyclic amines) is 1. The van der Waals surface area contributed by atoms with Crippen molar-refractivity contribution in [3.05, 3.63) is 47.7 Å². The fourth-order valence-corrected chi connectivity index (χ4v) is 2.80. The Morgan fingerprint density at radius 3 is 2.45 bits per heavy atom. The Hall–Kier alpha value is -2.56. The predicted octanol–water partition coefficient (Wildman–Crippen LogP) is 2.67. The van der Waals surface area contributed by atoms with Gasteiger partial charge in [-0.15, -0.1) is 0 Å². The third-order valence-electron chi connectivity index (χ3n) is 3.96. The van der Waals surface area contributed by atoms with E-state index in [0.29, 0.717) is 11.3 Å². The van der Waals surface area contributed by atoms with E-state index in [2.05, 4.69) is 0 Å². The molecule has 0 bridgehead atoms. The number of carbonyl (C=O) groups excluding carboxylic acids is 2. The molecular weight excluding hydrogens is 280 g/mol. The molecule has 22 heavy (non-hydrogen) atoms. The lowest BCUT2D eigenvalue weighted by Crippen LogP contribution is -2.36. The van der Waals surface area contributed by atoms with Crippen LogP contribution in [0.4, 0.5) is 0 Å². The molecule has 0 atom stereocenters. The second-order valence-corrected chi connectivity index (χ2v) is 5.45. The summed E-state index contributed by atoms with van der Waals surface area (Å²) in [6.07, 6.45) is 4.71. The third kappa shape index (κ3) is 2.74. The minimum Gasteiger partial charge on any atom is -0.464 e. The van der Waals surface area contributed by atoms with E-state index in [-0.39, 0.29) is 11.5 Å². The van der Waals surface area contributed by atoms with Crippen molar-refractivity contribution in [3.63, 3.8) is 0 Å². The summed E-state index contributed by atoms with van der Waals surface area (Å²) in [5.41, 5.74) is 6.80. The first-order chi connectivity index (χ1) is 10.7. The maximum atomic E-state index is 12.6. The second kappa shape index (κ2) is 6.05. The van der Waals surface area contributed by atoms with Gasteiger partial charge < -0.3 is 15.1 Å². The standard InChI is InChI=1S/C17H18N2O3/c18-16(20)14-11-12(15-5-4-10-22-15)6-7-13(14)17(21)19-8-2-1-3-9-19/h4-7,10-11H,1-3,8-9H2,(H2,18,20). The molecule has 0 radical (unpaired) electrons. The minimum absolute atomic E-state index is 0.125. The van der Waals surface area contributed by atoms with Crippen LogP contribution in [0.25, 0.3) is 11.3 Å². The quantitative estimate of drug-likeness (QED) is 0.946. The van der Waals surface area contributed by atoms with Crippen LogP contribution in [0, 0.1) is 0 Å². The van der Waals surface area contributed by atoms with E-state index in [1.807, 2.05) is 0 Å². The second-order valence-electron chi connectivity index (χ2n) is 5.45. The van der Waals surface area contributed by atoms with E-state index in [1.54, 1.807) is 41.5 Å². The van der Waals surface area contributed by atoms with Gasteiger partial charge >= 0.3 is 0 Å². The Morgan fingerprint density at radius 2 is 1.82 bits per heavy atom. The lowest BCUT2D eigenvalue weighted by molar-refractivity contribution is 0.0719. The van der Waals surface area contributed by atoms with Crippen molar-refractivity contribution < 1.29 is 14.0 Å². The molecule has 1 aromatic carbocycles. The highest BCUT2D eigenvalue weighted by molar-refractivity contribution is 6.07.